The molecule has 79 heavy (non-hydrogen) atoms. The number of hydrogen-bond acceptors (Lipinski definition) is 3. The van der Waals surface area contributed by atoms with Crippen molar-refractivity contribution in [2.75, 3.05) is 0 Å². The number of nitrogens with zero attached hydrogens (tertiary/aromatic N) is 3. The van der Waals surface area contributed by atoms with Crippen molar-refractivity contribution in [3.8, 4) is 101 Å². The summed E-state index contributed by atoms with van der Waals surface area (Å²) in [5.74, 6) is 1.80. The molecule has 13 aromatic carbocycles. The third kappa shape index (κ3) is 7.10. The number of aromatic nitrogens is 3. The lowest BCUT2D eigenvalue weighted by atomic mass is 9.70. The van der Waals surface area contributed by atoms with E-state index in [1.807, 2.05) is 0 Å². The Kier molecular flexibility index (Phi) is 10.2. The molecule has 0 saturated heterocycles. The van der Waals surface area contributed by atoms with E-state index in [9.17, 15) is 0 Å². The van der Waals surface area contributed by atoms with Crippen molar-refractivity contribution in [3.05, 3.63) is 307 Å². The summed E-state index contributed by atoms with van der Waals surface area (Å²) in [4.78, 5) is 16.7. The van der Waals surface area contributed by atoms with Gasteiger partial charge in [-0.25, -0.2) is 15.0 Å². The van der Waals surface area contributed by atoms with Crippen molar-refractivity contribution >= 4 is 32.3 Å². The Balaban J connectivity index is 0.978. The Hall–Kier alpha value is -10.4. The zero-order chi connectivity index (χ0) is 52.0. The van der Waals surface area contributed by atoms with Gasteiger partial charge in [0.2, 0.25) is 0 Å². The molecule has 2 aliphatic rings. The van der Waals surface area contributed by atoms with Crippen LogP contribution >= 0.6 is 0 Å². The highest BCUT2D eigenvalue weighted by molar-refractivity contribution is 6.26. The highest BCUT2D eigenvalue weighted by Gasteiger charge is 2.52. The van der Waals surface area contributed by atoms with Crippen LogP contribution in [-0.2, 0) is 5.41 Å². The van der Waals surface area contributed by atoms with Crippen LogP contribution in [0.3, 0.4) is 0 Å². The molecule has 0 unspecified atom stereocenters. The average molecular weight is 1000 g/mol. The summed E-state index contributed by atoms with van der Waals surface area (Å²) in [6.45, 7) is 0. The van der Waals surface area contributed by atoms with Crippen LogP contribution in [0.15, 0.2) is 285 Å². The summed E-state index contributed by atoms with van der Waals surface area (Å²) >= 11 is 0. The van der Waals surface area contributed by atoms with Crippen LogP contribution in [0, 0.1) is 0 Å². The second kappa shape index (κ2) is 17.9. The van der Waals surface area contributed by atoms with Gasteiger partial charge in [0.15, 0.2) is 17.5 Å². The Bertz CT molecular complexity index is 4450. The maximum Gasteiger partial charge on any atom is 0.164 e. The van der Waals surface area contributed by atoms with Gasteiger partial charge in [0.25, 0.3) is 0 Å². The maximum atomic E-state index is 5.58. The van der Waals surface area contributed by atoms with Crippen LogP contribution in [0.1, 0.15) is 22.3 Å². The maximum absolute atomic E-state index is 5.58. The van der Waals surface area contributed by atoms with Gasteiger partial charge < -0.3 is 0 Å². The monoisotopic (exact) mass is 1000 g/mol. The first-order valence-corrected chi connectivity index (χ1v) is 27.2. The van der Waals surface area contributed by atoms with Crippen LogP contribution in [0.2, 0.25) is 0 Å². The molecule has 0 amide bonds. The fourth-order valence-electron chi connectivity index (χ4n) is 13.1. The molecule has 1 heterocycles. The van der Waals surface area contributed by atoms with E-state index in [1.54, 1.807) is 0 Å². The van der Waals surface area contributed by atoms with Crippen molar-refractivity contribution in [2.45, 2.75) is 5.41 Å². The molecule has 0 saturated carbocycles. The number of hydrogen-bond donors (Lipinski definition) is 0. The van der Waals surface area contributed by atoms with Crippen molar-refractivity contribution < 1.29 is 0 Å². The molecule has 0 atom stereocenters. The van der Waals surface area contributed by atoms with Gasteiger partial charge in [0.05, 0.1) is 5.41 Å². The Labute approximate surface area is 458 Å². The molecule has 0 N–H and O–H groups in total. The van der Waals surface area contributed by atoms with Crippen molar-refractivity contribution in [2.24, 2.45) is 0 Å². The second-order valence-corrected chi connectivity index (χ2v) is 21.0. The SMILES string of the molecule is c1ccc(-c2cc(-c3ccccc3)cc(-c3nc(-c4cc(-c5ccccc5)cc(-c5ccccc5)c4)nc(-c4ccc5c(c4)-c4cc6c7ccccc7c7ccccc7c6cc4C54c5ccccc5-c5ccccc54)n3)c2)cc1. The summed E-state index contributed by atoms with van der Waals surface area (Å²) in [5.41, 5.74) is 21.1. The van der Waals surface area contributed by atoms with E-state index in [0.717, 1.165) is 61.2 Å². The molecule has 0 bridgehead atoms. The quantitative estimate of drug-likeness (QED) is 0.149. The lowest BCUT2D eigenvalue weighted by Gasteiger charge is -2.30. The third-order valence-corrected chi connectivity index (χ3v) is 16.7. The first kappa shape index (κ1) is 44.9. The fourth-order valence-corrected chi connectivity index (χ4v) is 13.1. The van der Waals surface area contributed by atoms with Crippen LogP contribution in [0.25, 0.3) is 133 Å². The first-order valence-electron chi connectivity index (χ1n) is 27.2. The minimum Gasteiger partial charge on any atom is -0.208 e. The zero-order valence-electron chi connectivity index (χ0n) is 43.0. The second-order valence-electron chi connectivity index (χ2n) is 21.0. The van der Waals surface area contributed by atoms with Crippen molar-refractivity contribution in [1.82, 2.24) is 15.0 Å². The van der Waals surface area contributed by atoms with E-state index < -0.39 is 5.41 Å². The summed E-state index contributed by atoms with van der Waals surface area (Å²) in [5, 5.41) is 7.53. The van der Waals surface area contributed by atoms with E-state index in [4.69, 9.17) is 15.0 Å². The molecule has 0 aliphatic heterocycles. The van der Waals surface area contributed by atoms with E-state index >= 15 is 0 Å². The van der Waals surface area contributed by atoms with E-state index in [-0.39, 0.29) is 0 Å². The largest absolute Gasteiger partial charge is 0.208 e. The van der Waals surface area contributed by atoms with Crippen LogP contribution in [0.5, 0.6) is 0 Å². The average Bonchev–Trinajstić information content (AvgIpc) is 3.94. The highest BCUT2D eigenvalue weighted by Crippen LogP contribution is 2.64. The van der Waals surface area contributed by atoms with Gasteiger partial charge in [-0.1, -0.05) is 231 Å². The molecule has 1 spiro atoms. The normalized spacial score (nSPS) is 12.7. The predicted molar refractivity (Wildman–Crippen MR) is 327 cm³/mol. The van der Waals surface area contributed by atoms with Crippen molar-refractivity contribution in [3.63, 3.8) is 0 Å². The number of fused-ring (bicyclic) bond motifs is 16. The zero-order valence-corrected chi connectivity index (χ0v) is 43.0. The molecule has 3 nitrogen and oxygen atoms in total. The summed E-state index contributed by atoms with van der Waals surface area (Å²) in [6.07, 6.45) is 0. The number of benzene rings is 13. The Morgan fingerprint density at radius 2 is 0.494 bits per heavy atom. The summed E-state index contributed by atoms with van der Waals surface area (Å²) in [7, 11) is 0. The predicted octanol–water partition coefficient (Wildman–Crippen LogP) is 19.3. The van der Waals surface area contributed by atoms with Crippen molar-refractivity contribution in [1.29, 1.82) is 0 Å². The molecule has 14 aromatic rings. The van der Waals surface area contributed by atoms with Gasteiger partial charge in [-0.15, -0.1) is 0 Å². The van der Waals surface area contributed by atoms with Gasteiger partial charge >= 0.3 is 0 Å². The van der Waals surface area contributed by atoms with E-state index in [2.05, 4.69) is 285 Å². The smallest absolute Gasteiger partial charge is 0.164 e. The molecular weight excluding hydrogens is 955 g/mol. The van der Waals surface area contributed by atoms with Crippen LogP contribution in [-0.4, -0.2) is 15.0 Å². The molecule has 2 aliphatic carbocycles. The van der Waals surface area contributed by atoms with E-state index in [1.165, 1.54) is 76.8 Å². The summed E-state index contributed by atoms with van der Waals surface area (Å²) in [6, 6.07) is 104. The van der Waals surface area contributed by atoms with Gasteiger partial charge in [-0.3, -0.25) is 0 Å². The Morgan fingerprint density at radius 1 is 0.177 bits per heavy atom. The molecule has 1 aromatic heterocycles. The first-order chi connectivity index (χ1) is 39.1. The summed E-state index contributed by atoms with van der Waals surface area (Å²) < 4.78 is 0. The van der Waals surface area contributed by atoms with Gasteiger partial charge in [-0.2, -0.15) is 0 Å². The minimum atomic E-state index is -0.565. The minimum absolute atomic E-state index is 0.565. The van der Waals surface area contributed by atoms with Gasteiger partial charge in [0.1, 0.15) is 0 Å². The lowest BCUT2D eigenvalue weighted by Crippen LogP contribution is -2.25. The van der Waals surface area contributed by atoms with Crippen LogP contribution < -0.4 is 0 Å². The third-order valence-electron chi connectivity index (χ3n) is 16.7. The molecule has 0 radical (unpaired) electrons. The topological polar surface area (TPSA) is 38.7 Å². The molecule has 16 rings (SSSR count). The Morgan fingerprint density at radius 3 is 0.924 bits per heavy atom. The highest BCUT2D eigenvalue weighted by atomic mass is 15.0. The lowest BCUT2D eigenvalue weighted by molar-refractivity contribution is 0.795. The molecule has 3 heteroatoms. The fraction of sp³-hybridized carbons (Fsp3) is 0.0132. The number of rotatable bonds is 7. The molecule has 366 valence electrons. The standard InChI is InChI=1S/C76H47N3/c1-5-21-48(22-6-1)53-39-54(49-23-7-2-8-24-49)42-57(41-53)74-77-73(78-75(79-74)58-43-55(50-25-9-3-10-26-50)40-56(44-58)51-27-11-4-12-28-51)52-37-38-71-67(45-52)68-46-65-61-31-15-13-29-59(61)60-30-14-16-32-62(60)66(65)47-72(68)76(71)69-35-19-17-33-63(69)64-34-18-20-36-70(64)76/h1-47H. The van der Waals surface area contributed by atoms with Crippen LogP contribution in [0.4, 0.5) is 0 Å². The van der Waals surface area contributed by atoms with E-state index in [0.29, 0.717) is 17.5 Å². The van der Waals surface area contributed by atoms with Gasteiger partial charge in [-0.05, 0) is 176 Å². The molecular formula is C76H47N3. The molecule has 0 fully saturated rings. The van der Waals surface area contributed by atoms with Gasteiger partial charge in [0, 0.05) is 16.7 Å².